The van der Waals surface area contributed by atoms with E-state index >= 15 is 0 Å². The summed E-state index contributed by atoms with van der Waals surface area (Å²) in [6.07, 6.45) is 0. The number of H-pyrrole nitrogens is 1. The molecule has 6 heteroatoms. The molecule has 0 saturated carbocycles. The molecule has 0 aliphatic heterocycles. The Labute approximate surface area is 128 Å². The number of rotatable bonds is 4. The number of nitrogens with one attached hydrogen (secondary N) is 1. The molecule has 4 nitrogen and oxygen atoms in total. The van der Waals surface area contributed by atoms with E-state index in [4.69, 9.17) is 12.2 Å². The van der Waals surface area contributed by atoms with Crippen molar-refractivity contribution >= 4 is 29.2 Å². The third kappa shape index (κ3) is 2.72. The molecule has 0 aliphatic rings. The van der Waals surface area contributed by atoms with E-state index in [0.717, 1.165) is 5.52 Å². The molecule has 114 valence electrons. The quantitative estimate of drug-likeness (QED) is 0.877. The highest BCUT2D eigenvalue weighted by Gasteiger charge is 2.22. The second-order valence-electron chi connectivity index (χ2n) is 5.11. The minimum Gasteiger partial charge on any atom is -0.341 e. The fraction of sp³-hybridized carbons (Fsp3) is 0.467. The number of aromatic nitrogens is 2. The summed E-state index contributed by atoms with van der Waals surface area (Å²) in [7, 11) is 0. The Morgan fingerprint density at radius 1 is 1.43 bits per heavy atom. The van der Waals surface area contributed by atoms with Gasteiger partial charge in [0.05, 0.1) is 11.0 Å². The van der Waals surface area contributed by atoms with Crippen LogP contribution < -0.4 is 0 Å². The average Bonchev–Trinajstić information content (AvgIpc) is 2.75. The normalized spacial score (nSPS) is 12.6. The number of imidazole rings is 1. The molecule has 1 atom stereocenters. The first-order chi connectivity index (χ1) is 9.90. The number of aromatic amines is 1. The van der Waals surface area contributed by atoms with Crippen molar-refractivity contribution in [3.05, 3.63) is 28.3 Å². The monoisotopic (exact) mass is 309 g/mol. The van der Waals surface area contributed by atoms with Crippen LogP contribution in [-0.2, 0) is 4.79 Å². The second kappa shape index (κ2) is 5.97. The zero-order valence-electron chi connectivity index (χ0n) is 12.7. The highest BCUT2D eigenvalue weighted by molar-refractivity contribution is 7.71. The maximum absolute atomic E-state index is 13.6. The van der Waals surface area contributed by atoms with Crippen LogP contribution in [0.25, 0.3) is 11.0 Å². The van der Waals surface area contributed by atoms with Gasteiger partial charge in [0.15, 0.2) is 4.77 Å². The summed E-state index contributed by atoms with van der Waals surface area (Å²) in [6, 6.07) is 2.73. The van der Waals surface area contributed by atoms with Crippen molar-refractivity contribution in [2.75, 3.05) is 13.1 Å². The van der Waals surface area contributed by atoms with Gasteiger partial charge in [0.1, 0.15) is 11.9 Å². The first-order valence-corrected chi connectivity index (χ1v) is 7.50. The van der Waals surface area contributed by atoms with Crippen molar-refractivity contribution in [3.63, 3.8) is 0 Å². The van der Waals surface area contributed by atoms with Crippen molar-refractivity contribution in [3.8, 4) is 0 Å². The van der Waals surface area contributed by atoms with E-state index in [9.17, 15) is 9.18 Å². The van der Waals surface area contributed by atoms with Crippen LogP contribution in [0, 0.1) is 17.5 Å². The van der Waals surface area contributed by atoms with Crippen molar-refractivity contribution in [1.29, 1.82) is 0 Å². The fourth-order valence-electron chi connectivity index (χ4n) is 2.54. The lowest BCUT2D eigenvalue weighted by molar-refractivity contribution is -0.133. The lowest BCUT2D eigenvalue weighted by atomic mass is 10.2. The fourth-order valence-corrected chi connectivity index (χ4v) is 2.91. The molecule has 0 bridgehead atoms. The number of benzene rings is 1. The third-order valence-corrected chi connectivity index (χ3v) is 4.12. The number of likely N-dealkylation sites (N-methyl/N-ethyl adjacent to an activating group) is 1. The van der Waals surface area contributed by atoms with E-state index < -0.39 is 6.04 Å². The van der Waals surface area contributed by atoms with E-state index in [1.165, 1.54) is 6.07 Å². The average molecular weight is 309 g/mol. The molecule has 0 saturated heterocycles. The van der Waals surface area contributed by atoms with Gasteiger partial charge in [0, 0.05) is 13.1 Å². The number of carbonyl (C=O) groups is 1. The van der Waals surface area contributed by atoms with Gasteiger partial charge in [-0.05, 0) is 57.6 Å². The summed E-state index contributed by atoms with van der Waals surface area (Å²) in [4.78, 5) is 17.3. The zero-order chi connectivity index (χ0) is 15.7. The van der Waals surface area contributed by atoms with Gasteiger partial charge >= 0.3 is 0 Å². The molecule has 1 unspecified atom stereocenters. The van der Waals surface area contributed by atoms with Crippen molar-refractivity contribution in [2.45, 2.75) is 33.7 Å². The lowest BCUT2D eigenvalue weighted by Gasteiger charge is -2.24. The predicted octanol–water partition coefficient (Wildman–Crippen LogP) is 3.58. The van der Waals surface area contributed by atoms with Crippen LogP contribution in [0.1, 0.15) is 32.4 Å². The number of fused-ring (bicyclic) bond motifs is 1. The molecule has 0 fully saturated rings. The Bertz CT molecular complexity index is 730. The molecule has 1 aromatic carbocycles. The van der Waals surface area contributed by atoms with Crippen LogP contribution in [0.15, 0.2) is 12.1 Å². The molecule has 1 heterocycles. The number of halogens is 1. The number of nitrogens with zero attached hydrogens (tertiary/aromatic N) is 2. The minimum atomic E-state index is -0.420. The third-order valence-electron chi connectivity index (χ3n) is 3.82. The molecule has 1 aromatic heterocycles. The first-order valence-electron chi connectivity index (χ1n) is 7.09. The molecule has 1 amide bonds. The Kier molecular flexibility index (Phi) is 4.46. The van der Waals surface area contributed by atoms with Crippen LogP contribution >= 0.6 is 12.2 Å². The van der Waals surface area contributed by atoms with Crippen LogP contribution in [0.2, 0.25) is 0 Å². The summed E-state index contributed by atoms with van der Waals surface area (Å²) < 4.78 is 15.8. The lowest BCUT2D eigenvalue weighted by Crippen LogP contribution is -2.36. The minimum absolute atomic E-state index is 0.0129. The molecule has 21 heavy (non-hydrogen) atoms. The Hall–Kier alpha value is -1.69. The smallest absolute Gasteiger partial charge is 0.245 e. The number of aryl methyl sites for hydroxylation is 1. The summed E-state index contributed by atoms with van der Waals surface area (Å²) >= 11 is 5.31. The van der Waals surface area contributed by atoms with E-state index in [1.807, 2.05) is 20.8 Å². The highest BCUT2D eigenvalue weighted by atomic mass is 32.1. The Morgan fingerprint density at radius 2 is 2.05 bits per heavy atom. The van der Waals surface area contributed by atoms with Crippen molar-refractivity contribution in [1.82, 2.24) is 14.5 Å². The van der Waals surface area contributed by atoms with Gasteiger partial charge in [-0.15, -0.1) is 0 Å². The van der Waals surface area contributed by atoms with Gasteiger partial charge in [-0.25, -0.2) is 4.39 Å². The highest BCUT2D eigenvalue weighted by Crippen LogP contribution is 2.23. The van der Waals surface area contributed by atoms with Gasteiger partial charge in [0.25, 0.3) is 0 Å². The van der Waals surface area contributed by atoms with Crippen LogP contribution in [0.3, 0.4) is 0 Å². The first kappa shape index (κ1) is 15.7. The van der Waals surface area contributed by atoms with Crippen LogP contribution in [-0.4, -0.2) is 33.4 Å². The molecule has 0 radical (unpaired) electrons. The molecule has 0 spiro atoms. The maximum Gasteiger partial charge on any atom is 0.245 e. The summed E-state index contributed by atoms with van der Waals surface area (Å²) in [5.41, 5.74) is 1.90. The number of hydrogen-bond donors (Lipinski definition) is 1. The van der Waals surface area contributed by atoms with Crippen LogP contribution in [0.4, 0.5) is 4.39 Å². The molecule has 1 N–H and O–H groups in total. The van der Waals surface area contributed by atoms with E-state index in [2.05, 4.69) is 4.98 Å². The van der Waals surface area contributed by atoms with Gasteiger partial charge in [0.2, 0.25) is 5.91 Å². The topological polar surface area (TPSA) is 41.0 Å². The Balaban J connectivity index is 2.56. The van der Waals surface area contributed by atoms with Crippen molar-refractivity contribution < 1.29 is 9.18 Å². The summed E-state index contributed by atoms with van der Waals surface area (Å²) in [5.74, 6) is -0.271. The predicted molar refractivity (Wildman–Crippen MR) is 84.5 cm³/mol. The van der Waals surface area contributed by atoms with Crippen molar-refractivity contribution in [2.24, 2.45) is 0 Å². The molecular formula is C15H20FN3OS. The van der Waals surface area contributed by atoms with E-state index in [0.29, 0.717) is 28.9 Å². The van der Waals surface area contributed by atoms with Gasteiger partial charge in [-0.3, -0.25) is 4.79 Å². The van der Waals surface area contributed by atoms with Gasteiger partial charge < -0.3 is 14.5 Å². The summed E-state index contributed by atoms with van der Waals surface area (Å²) in [5, 5.41) is 0. The number of hydrogen-bond acceptors (Lipinski definition) is 2. The molecule has 0 aliphatic carbocycles. The van der Waals surface area contributed by atoms with Gasteiger partial charge in [-0.1, -0.05) is 0 Å². The molecule has 2 rings (SSSR count). The zero-order valence-corrected chi connectivity index (χ0v) is 13.6. The number of carbonyl (C=O) groups excluding carboxylic acids is 1. The van der Waals surface area contributed by atoms with E-state index in [-0.39, 0.29) is 11.7 Å². The maximum atomic E-state index is 13.6. The molecular weight excluding hydrogens is 289 g/mol. The molecule has 2 aromatic rings. The largest absolute Gasteiger partial charge is 0.341 e. The summed E-state index contributed by atoms with van der Waals surface area (Å²) in [6.45, 7) is 8.73. The standard InChI is InChI=1S/C15H20FN3OS/c1-5-18(6-2)14(20)10(4)19-13-7-9(3)11(16)8-12(13)17-15(19)21/h7-8,10H,5-6H2,1-4H3,(H,17,21). The SMILES string of the molecule is CCN(CC)C(=O)C(C)n1c(=S)[nH]c2cc(F)c(C)cc21. The van der Waals surface area contributed by atoms with E-state index in [1.54, 1.807) is 22.5 Å². The second-order valence-corrected chi connectivity index (χ2v) is 5.49. The Morgan fingerprint density at radius 3 is 2.62 bits per heavy atom. The van der Waals surface area contributed by atoms with Crippen LogP contribution in [0.5, 0.6) is 0 Å². The van der Waals surface area contributed by atoms with Gasteiger partial charge in [-0.2, -0.15) is 0 Å². The number of amides is 1.